The van der Waals surface area contributed by atoms with E-state index < -0.39 is 0 Å². The summed E-state index contributed by atoms with van der Waals surface area (Å²) in [5.41, 5.74) is 6.95. The number of hydrogen-bond donors (Lipinski definition) is 1. The summed E-state index contributed by atoms with van der Waals surface area (Å²) in [6, 6.07) is 2.75. The normalized spacial score (nSPS) is 11.0. The molecule has 68 valence electrons. The smallest absolute Gasteiger partial charge is 0.200 e. The van der Waals surface area contributed by atoms with Gasteiger partial charge >= 0.3 is 0 Å². The number of aromatic nitrogens is 2. The van der Waals surface area contributed by atoms with E-state index in [0.717, 1.165) is 5.52 Å². The van der Waals surface area contributed by atoms with E-state index in [-0.39, 0.29) is 5.82 Å². The highest BCUT2D eigenvalue weighted by Gasteiger charge is 2.09. The van der Waals surface area contributed by atoms with Crippen LogP contribution in [0.2, 0.25) is 0 Å². The molecular formula is C8H7BrFN3. The number of benzene rings is 1. The van der Waals surface area contributed by atoms with Gasteiger partial charge in [-0.25, -0.2) is 9.37 Å². The summed E-state index contributed by atoms with van der Waals surface area (Å²) in [5.74, 6) is 0.0544. The number of nitrogens with two attached hydrogens (primary N) is 1. The molecule has 2 N–H and O–H groups in total. The van der Waals surface area contributed by atoms with Gasteiger partial charge in [0.2, 0.25) is 5.95 Å². The molecule has 0 saturated heterocycles. The van der Waals surface area contributed by atoms with Crippen molar-refractivity contribution in [2.45, 2.75) is 0 Å². The highest BCUT2D eigenvalue weighted by molar-refractivity contribution is 9.10. The van der Waals surface area contributed by atoms with Crippen LogP contribution in [0.25, 0.3) is 11.0 Å². The van der Waals surface area contributed by atoms with Gasteiger partial charge in [0.1, 0.15) is 5.82 Å². The SMILES string of the molecule is Cn1c(N)nc2cc(F)cc(Br)c21. The van der Waals surface area contributed by atoms with E-state index in [4.69, 9.17) is 5.73 Å². The van der Waals surface area contributed by atoms with Gasteiger partial charge in [0.15, 0.2) is 0 Å². The van der Waals surface area contributed by atoms with E-state index in [9.17, 15) is 4.39 Å². The number of halogens is 2. The van der Waals surface area contributed by atoms with Gasteiger partial charge in [-0.05, 0) is 22.0 Å². The molecule has 3 nitrogen and oxygen atoms in total. The molecule has 0 fully saturated rings. The molecule has 0 aliphatic heterocycles. The molecule has 0 atom stereocenters. The lowest BCUT2D eigenvalue weighted by Gasteiger charge is -1.98. The van der Waals surface area contributed by atoms with Crippen LogP contribution >= 0.6 is 15.9 Å². The first-order valence-corrected chi connectivity index (χ1v) is 4.46. The Hall–Kier alpha value is -1.10. The first-order chi connectivity index (χ1) is 6.09. The molecule has 0 bridgehead atoms. The molecule has 2 rings (SSSR count). The minimum atomic E-state index is -0.322. The average molecular weight is 244 g/mol. The van der Waals surface area contributed by atoms with E-state index >= 15 is 0 Å². The van der Waals surface area contributed by atoms with E-state index in [1.54, 1.807) is 11.6 Å². The van der Waals surface area contributed by atoms with Crippen molar-refractivity contribution < 1.29 is 4.39 Å². The maximum Gasteiger partial charge on any atom is 0.200 e. The topological polar surface area (TPSA) is 43.8 Å². The monoisotopic (exact) mass is 243 g/mol. The van der Waals surface area contributed by atoms with Crippen LogP contribution in [0.5, 0.6) is 0 Å². The van der Waals surface area contributed by atoms with Crippen LogP contribution in [0.15, 0.2) is 16.6 Å². The molecule has 5 heteroatoms. The molecule has 0 saturated carbocycles. The number of nitrogen functional groups attached to an aromatic ring is 1. The van der Waals surface area contributed by atoms with Crippen molar-refractivity contribution in [1.29, 1.82) is 0 Å². The molecule has 1 heterocycles. The van der Waals surface area contributed by atoms with Gasteiger partial charge in [0.05, 0.1) is 11.0 Å². The van der Waals surface area contributed by atoms with E-state index in [2.05, 4.69) is 20.9 Å². The highest BCUT2D eigenvalue weighted by Crippen LogP contribution is 2.26. The third kappa shape index (κ3) is 1.19. The molecule has 1 aromatic heterocycles. The lowest BCUT2D eigenvalue weighted by molar-refractivity contribution is 0.628. The summed E-state index contributed by atoms with van der Waals surface area (Å²) < 4.78 is 15.3. The van der Waals surface area contributed by atoms with Gasteiger partial charge in [-0.3, -0.25) is 0 Å². The lowest BCUT2D eigenvalue weighted by Crippen LogP contribution is -1.96. The van der Waals surface area contributed by atoms with Gasteiger partial charge in [-0.1, -0.05) is 0 Å². The molecule has 0 amide bonds. The molecule has 0 unspecified atom stereocenters. The molecule has 0 aliphatic carbocycles. The van der Waals surface area contributed by atoms with Crippen molar-refractivity contribution in [2.24, 2.45) is 7.05 Å². The van der Waals surface area contributed by atoms with Crippen LogP contribution < -0.4 is 5.73 Å². The van der Waals surface area contributed by atoms with Crippen molar-refractivity contribution >= 4 is 32.9 Å². The van der Waals surface area contributed by atoms with Crippen molar-refractivity contribution in [3.8, 4) is 0 Å². The minimum absolute atomic E-state index is 0.322. The summed E-state index contributed by atoms with van der Waals surface area (Å²) in [7, 11) is 1.79. The number of aryl methyl sites for hydroxylation is 1. The van der Waals surface area contributed by atoms with Gasteiger partial charge in [-0.2, -0.15) is 0 Å². The Morgan fingerprint density at radius 2 is 2.23 bits per heavy atom. The number of rotatable bonds is 0. The van der Waals surface area contributed by atoms with Gasteiger partial charge < -0.3 is 10.3 Å². The second kappa shape index (κ2) is 2.70. The number of nitrogens with zero attached hydrogens (tertiary/aromatic N) is 2. The first kappa shape index (κ1) is 8.50. The van der Waals surface area contributed by atoms with Crippen LogP contribution in [0.1, 0.15) is 0 Å². The highest BCUT2D eigenvalue weighted by atomic mass is 79.9. The zero-order valence-corrected chi connectivity index (χ0v) is 8.47. The molecule has 13 heavy (non-hydrogen) atoms. The largest absolute Gasteiger partial charge is 0.369 e. The Balaban J connectivity index is 2.94. The van der Waals surface area contributed by atoms with E-state index in [0.29, 0.717) is 15.9 Å². The zero-order valence-electron chi connectivity index (χ0n) is 6.88. The molecule has 0 spiro atoms. The summed E-state index contributed by atoms with van der Waals surface area (Å²) in [6.07, 6.45) is 0. The molecule has 2 aromatic rings. The van der Waals surface area contributed by atoms with Gasteiger partial charge in [-0.15, -0.1) is 0 Å². The Morgan fingerprint density at radius 1 is 1.54 bits per heavy atom. The Morgan fingerprint density at radius 3 is 2.92 bits per heavy atom. The fourth-order valence-electron chi connectivity index (χ4n) is 1.28. The van der Waals surface area contributed by atoms with Crippen LogP contribution in [0.3, 0.4) is 0 Å². The fraction of sp³-hybridized carbons (Fsp3) is 0.125. The number of fused-ring (bicyclic) bond motifs is 1. The Kier molecular flexibility index (Phi) is 1.76. The molecular weight excluding hydrogens is 237 g/mol. The summed E-state index contributed by atoms with van der Waals surface area (Å²) >= 11 is 3.26. The molecule has 0 radical (unpaired) electrons. The Bertz CT molecular complexity index is 478. The number of imidazole rings is 1. The number of hydrogen-bond acceptors (Lipinski definition) is 2. The minimum Gasteiger partial charge on any atom is -0.369 e. The maximum atomic E-state index is 12.9. The summed E-state index contributed by atoms with van der Waals surface area (Å²) in [6.45, 7) is 0. The quantitative estimate of drug-likeness (QED) is 0.770. The van der Waals surface area contributed by atoms with Crippen LogP contribution in [-0.2, 0) is 7.05 Å². The molecule has 1 aromatic carbocycles. The van der Waals surface area contributed by atoms with Crippen LogP contribution in [0.4, 0.5) is 10.3 Å². The lowest BCUT2D eigenvalue weighted by atomic mass is 10.3. The van der Waals surface area contributed by atoms with Gasteiger partial charge in [0, 0.05) is 17.6 Å². The summed E-state index contributed by atoms with van der Waals surface area (Å²) in [4.78, 5) is 4.01. The predicted molar refractivity (Wildman–Crippen MR) is 52.8 cm³/mol. The summed E-state index contributed by atoms with van der Waals surface area (Å²) in [5, 5.41) is 0. The van der Waals surface area contributed by atoms with E-state index in [1.807, 2.05) is 0 Å². The second-order valence-electron chi connectivity index (χ2n) is 2.78. The Labute approximate surface area is 82.5 Å². The van der Waals surface area contributed by atoms with Crippen molar-refractivity contribution in [3.63, 3.8) is 0 Å². The molecule has 0 aliphatic rings. The zero-order chi connectivity index (χ0) is 9.59. The van der Waals surface area contributed by atoms with E-state index in [1.165, 1.54) is 12.1 Å². The average Bonchev–Trinajstić information content (AvgIpc) is 2.27. The van der Waals surface area contributed by atoms with Crippen molar-refractivity contribution in [1.82, 2.24) is 9.55 Å². The second-order valence-corrected chi connectivity index (χ2v) is 3.64. The number of anilines is 1. The van der Waals surface area contributed by atoms with Crippen molar-refractivity contribution in [2.75, 3.05) is 5.73 Å². The van der Waals surface area contributed by atoms with Gasteiger partial charge in [0.25, 0.3) is 0 Å². The maximum absolute atomic E-state index is 12.9. The first-order valence-electron chi connectivity index (χ1n) is 3.66. The van der Waals surface area contributed by atoms with Crippen LogP contribution in [0, 0.1) is 5.82 Å². The third-order valence-electron chi connectivity index (χ3n) is 1.92. The van der Waals surface area contributed by atoms with Crippen molar-refractivity contribution in [3.05, 3.63) is 22.4 Å². The van der Waals surface area contributed by atoms with Crippen LogP contribution in [-0.4, -0.2) is 9.55 Å². The fourth-order valence-corrected chi connectivity index (χ4v) is 1.97. The predicted octanol–water partition coefficient (Wildman–Crippen LogP) is 2.06. The standard InChI is InChI=1S/C8H7BrFN3/c1-13-7-5(9)2-4(10)3-6(7)12-8(13)11/h2-3H,1H3,(H2,11,12). The third-order valence-corrected chi connectivity index (χ3v) is 2.53.